The van der Waals surface area contributed by atoms with Crippen molar-refractivity contribution in [3.63, 3.8) is 0 Å². The van der Waals surface area contributed by atoms with Crippen molar-refractivity contribution in [1.29, 1.82) is 0 Å². The largest absolute Gasteiger partial charge is 0.372 e. The molecule has 0 aromatic heterocycles. The molecule has 0 fully saturated rings. The predicted molar refractivity (Wildman–Crippen MR) is 127 cm³/mol. The van der Waals surface area contributed by atoms with Gasteiger partial charge in [0.2, 0.25) is 0 Å². The number of nitrogens with zero attached hydrogens (tertiary/aromatic N) is 5. The Labute approximate surface area is 210 Å². The first-order valence-corrected chi connectivity index (χ1v) is 11.2. The van der Waals surface area contributed by atoms with Crippen molar-refractivity contribution in [2.75, 3.05) is 18.0 Å². The van der Waals surface area contributed by atoms with Crippen molar-refractivity contribution >= 4 is 68.1 Å². The Morgan fingerprint density at radius 3 is 1.28 bits per heavy atom. The van der Waals surface area contributed by atoms with Gasteiger partial charge in [-0.25, -0.2) is 0 Å². The van der Waals surface area contributed by atoms with Gasteiger partial charge in [0, 0.05) is 48.3 Å². The molecule has 0 amide bonds. The molecule has 0 saturated heterocycles. The number of benzene rings is 3. The standard InChI is InChI=1S/C22H23N5O3S.Na/c1-3-27(4-2)21-13-9-19(10-14-21)25-23-17-5-7-18(8-6-17)24-26-20-11-15-22(16-12-20)31(28,29)30;/h5-16H,3-4H2,1-2H3,(H,28,29,30);. The van der Waals surface area contributed by atoms with E-state index in [0.29, 0.717) is 17.1 Å². The molecule has 0 heterocycles. The summed E-state index contributed by atoms with van der Waals surface area (Å²) in [5.74, 6) is 0. The van der Waals surface area contributed by atoms with Crippen LogP contribution in [-0.4, -0.2) is 55.6 Å². The van der Waals surface area contributed by atoms with E-state index >= 15 is 0 Å². The van der Waals surface area contributed by atoms with E-state index in [2.05, 4.69) is 39.2 Å². The van der Waals surface area contributed by atoms with Crippen LogP contribution in [-0.2, 0) is 10.1 Å². The van der Waals surface area contributed by atoms with Gasteiger partial charge in [0.1, 0.15) is 0 Å². The van der Waals surface area contributed by atoms with Crippen LogP contribution in [0.1, 0.15) is 13.8 Å². The topological polar surface area (TPSA) is 107 Å². The van der Waals surface area contributed by atoms with Gasteiger partial charge in [0.05, 0.1) is 27.6 Å². The third-order valence-electron chi connectivity index (χ3n) is 4.52. The molecular formula is C22H23N5NaO3S. The van der Waals surface area contributed by atoms with E-state index in [9.17, 15) is 8.42 Å². The molecule has 0 saturated carbocycles. The molecule has 0 aliphatic heterocycles. The van der Waals surface area contributed by atoms with Gasteiger partial charge in [-0.2, -0.15) is 28.9 Å². The Bertz CT molecular complexity index is 1160. The van der Waals surface area contributed by atoms with Gasteiger partial charge in [-0.05, 0) is 86.6 Å². The fraction of sp³-hybridized carbons (Fsp3) is 0.182. The first-order valence-electron chi connectivity index (χ1n) is 9.75. The molecular weight excluding hydrogens is 437 g/mol. The summed E-state index contributed by atoms with van der Waals surface area (Å²) >= 11 is 0. The maximum Gasteiger partial charge on any atom is 0.294 e. The Morgan fingerprint density at radius 2 is 0.969 bits per heavy atom. The first-order chi connectivity index (χ1) is 14.9. The predicted octanol–water partition coefficient (Wildman–Crippen LogP) is 6.23. The van der Waals surface area contributed by atoms with Crippen LogP contribution in [0.4, 0.5) is 28.4 Å². The van der Waals surface area contributed by atoms with Crippen molar-refractivity contribution in [2.45, 2.75) is 18.7 Å². The summed E-state index contributed by atoms with van der Waals surface area (Å²) < 4.78 is 31.1. The number of azo groups is 2. The van der Waals surface area contributed by atoms with Crippen LogP contribution in [0.2, 0.25) is 0 Å². The van der Waals surface area contributed by atoms with Gasteiger partial charge in [-0.15, -0.1) is 0 Å². The SMILES string of the molecule is CCN(CC)c1ccc(N=Nc2ccc(N=Nc3ccc(S(=O)(=O)O)cc3)cc2)cc1.[Na]. The Hall–Kier alpha value is -2.43. The zero-order chi connectivity index (χ0) is 22.3. The van der Waals surface area contributed by atoms with Crippen molar-refractivity contribution in [2.24, 2.45) is 20.5 Å². The van der Waals surface area contributed by atoms with E-state index in [1.54, 1.807) is 24.3 Å². The average molecular weight is 461 g/mol. The van der Waals surface area contributed by atoms with Crippen LogP contribution in [0.15, 0.2) is 98.1 Å². The van der Waals surface area contributed by atoms with Gasteiger partial charge in [0.25, 0.3) is 10.1 Å². The second-order valence-electron chi connectivity index (χ2n) is 6.57. The Morgan fingerprint density at radius 1 is 0.656 bits per heavy atom. The van der Waals surface area contributed by atoms with Gasteiger partial charge in [0.15, 0.2) is 0 Å². The second kappa shape index (κ2) is 12.0. The van der Waals surface area contributed by atoms with Gasteiger partial charge in [-0.1, -0.05) is 0 Å². The molecule has 0 aliphatic carbocycles. The van der Waals surface area contributed by atoms with E-state index in [1.807, 2.05) is 24.3 Å². The molecule has 0 bridgehead atoms. The molecule has 3 rings (SSSR count). The van der Waals surface area contributed by atoms with E-state index in [0.717, 1.165) is 24.5 Å². The normalized spacial score (nSPS) is 11.6. The molecule has 3 aromatic carbocycles. The fourth-order valence-corrected chi connectivity index (χ4v) is 3.30. The smallest absolute Gasteiger partial charge is 0.294 e. The summed E-state index contributed by atoms with van der Waals surface area (Å²) in [6.45, 7) is 6.16. The minimum atomic E-state index is -4.22. The summed E-state index contributed by atoms with van der Waals surface area (Å²) in [5.41, 5.74) is 3.69. The number of anilines is 1. The molecule has 1 radical (unpaired) electrons. The van der Waals surface area contributed by atoms with E-state index in [4.69, 9.17) is 4.55 Å². The van der Waals surface area contributed by atoms with E-state index in [1.165, 1.54) is 24.3 Å². The third-order valence-corrected chi connectivity index (χ3v) is 5.39. The molecule has 1 N–H and O–H groups in total. The molecule has 0 spiro atoms. The summed E-state index contributed by atoms with van der Waals surface area (Å²) in [6, 6.07) is 20.5. The van der Waals surface area contributed by atoms with Crippen LogP contribution >= 0.6 is 0 Å². The summed E-state index contributed by atoms with van der Waals surface area (Å²) in [7, 11) is -4.22. The van der Waals surface area contributed by atoms with Crippen molar-refractivity contribution in [3.05, 3.63) is 72.8 Å². The summed E-state index contributed by atoms with van der Waals surface area (Å²) in [4.78, 5) is 2.07. The quantitative estimate of drug-likeness (QED) is 0.244. The molecule has 3 aromatic rings. The van der Waals surface area contributed by atoms with Crippen LogP contribution in [0.25, 0.3) is 0 Å². The monoisotopic (exact) mass is 460 g/mol. The van der Waals surface area contributed by atoms with Crippen molar-refractivity contribution in [3.8, 4) is 0 Å². The van der Waals surface area contributed by atoms with Crippen molar-refractivity contribution < 1.29 is 13.0 Å². The van der Waals surface area contributed by atoms with Crippen LogP contribution in [0.5, 0.6) is 0 Å². The maximum atomic E-state index is 11.0. The average Bonchev–Trinajstić information content (AvgIpc) is 2.78. The minimum absolute atomic E-state index is 0. The van der Waals surface area contributed by atoms with Gasteiger partial charge < -0.3 is 4.90 Å². The van der Waals surface area contributed by atoms with Crippen LogP contribution in [0, 0.1) is 0 Å². The number of hydrogen-bond donors (Lipinski definition) is 1. The molecule has 8 nitrogen and oxygen atoms in total. The molecule has 32 heavy (non-hydrogen) atoms. The zero-order valence-corrected chi connectivity index (χ0v) is 21.1. The molecule has 0 unspecified atom stereocenters. The van der Waals surface area contributed by atoms with E-state index in [-0.39, 0.29) is 34.5 Å². The minimum Gasteiger partial charge on any atom is -0.372 e. The third kappa shape index (κ3) is 7.32. The molecule has 0 aliphatic rings. The number of hydrogen-bond acceptors (Lipinski definition) is 7. The van der Waals surface area contributed by atoms with Gasteiger partial charge >= 0.3 is 0 Å². The Kier molecular flexibility index (Phi) is 9.67. The second-order valence-corrected chi connectivity index (χ2v) is 8.00. The fourth-order valence-electron chi connectivity index (χ4n) is 2.82. The summed E-state index contributed by atoms with van der Waals surface area (Å²) in [5, 5.41) is 16.7. The molecule has 161 valence electrons. The molecule has 10 heteroatoms. The van der Waals surface area contributed by atoms with Gasteiger partial charge in [-0.3, -0.25) is 4.55 Å². The maximum absolute atomic E-state index is 11.0. The van der Waals surface area contributed by atoms with E-state index < -0.39 is 10.1 Å². The summed E-state index contributed by atoms with van der Waals surface area (Å²) in [6.07, 6.45) is 0. The van der Waals surface area contributed by atoms with Crippen LogP contribution in [0.3, 0.4) is 0 Å². The Balaban J connectivity index is 0.00000363. The van der Waals surface area contributed by atoms with Crippen LogP contribution < -0.4 is 4.90 Å². The number of rotatable bonds is 8. The first kappa shape index (κ1) is 25.8. The zero-order valence-electron chi connectivity index (χ0n) is 18.3. The molecule has 0 atom stereocenters. The van der Waals surface area contributed by atoms with Crippen molar-refractivity contribution in [1.82, 2.24) is 0 Å².